The Morgan fingerprint density at radius 3 is 2.32 bits per heavy atom. The van der Waals surface area contributed by atoms with Crippen LogP contribution in [0, 0.1) is 6.92 Å². The predicted octanol–water partition coefficient (Wildman–Crippen LogP) is 7.48. The number of anilines is 4. The molecule has 8 nitrogen and oxygen atoms in total. The first kappa shape index (κ1) is 31.1. The van der Waals surface area contributed by atoms with Gasteiger partial charge in [0.25, 0.3) is 0 Å². The molecule has 3 aromatic rings. The topological polar surface area (TPSA) is 96.5 Å². The number of hydrogen-bond donors (Lipinski definition) is 2. The molecular weight excluding hydrogens is 558 g/mol. The molecule has 222 valence electrons. The minimum absolute atomic E-state index is 0.0239. The van der Waals surface area contributed by atoms with Crippen molar-refractivity contribution in [2.75, 3.05) is 17.7 Å². The maximum Gasteiger partial charge on any atom is 0.229 e. The number of ether oxygens (including phenoxy) is 1. The van der Waals surface area contributed by atoms with Gasteiger partial charge in [-0.15, -0.1) is 0 Å². The lowest BCUT2D eigenvalue weighted by atomic mass is 9.81. The summed E-state index contributed by atoms with van der Waals surface area (Å²) in [6.07, 6.45) is 3.66. The second kappa shape index (κ2) is 12.5. The summed E-state index contributed by atoms with van der Waals surface area (Å²) in [7, 11) is -1.32. The molecule has 0 bridgehead atoms. The van der Waals surface area contributed by atoms with Crippen molar-refractivity contribution < 1.29 is 13.2 Å². The lowest BCUT2D eigenvalue weighted by Gasteiger charge is -2.41. The van der Waals surface area contributed by atoms with E-state index in [9.17, 15) is 8.42 Å². The smallest absolute Gasteiger partial charge is 0.229 e. The zero-order valence-corrected chi connectivity index (χ0v) is 26.8. The van der Waals surface area contributed by atoms with Gasteiger partial charge in [0.2, 0.25) is 5.95 Å². The van der Waals surface area contributed by atoms with E-state index in [1.807, 2.05) is 13.8 Å². The van der Waals surface area contributed by atoms with Crippen LogP contribution in [0.15, 0.2) is 47.5 Å². The molecule has 1 aliphatic heterocycles. The molecule has 2 heterocycles. The number of halogens is 1. The standard InChI is InChI=1S/C31H42ClN5O3S/c1-18(2)40-28-16-24(23-14-21(6)37(8)22(7)15-23)20(5)13-27(28)35-31-33-17-25(32)30(36-31)34-26-11-9-10-12-29(26)41(38,39)19(3)4/h9-13,16-19,21-23H,14-15H2,1-8H3,(H2,33,34,35,36)/t21-,22-/m1/s1. The number of aryl methyl sites for hydroxylation is 1. The lowest BCUT2D eigenvalue weighted by Crippen LogP contribution is -2.43. The van der Waals surface area contributed by atoms with Gasteiger partial charge in [0.05, 0.1) is 33.8 Å². The average Bonchev–Trinajstić information content (AvgIpc) is 2.90. The molecule has 41 heavy (non-hydrogen) atoms. The molecule has 0 spiro atoms. The third-order valence-electron chi connectivity index (χ3n) is 7.87. The fourth-order valence-electron chi connectivity index (χ4n) is 5.37. The molecule has 1 aliphatic rings. The van der Waals surface area contributed by atoms with E-state index in [0.29, 0.717) is 35.5 Å². The summed E-state index contributed by atoms with van der Waals surface area (Å²) < 4.78 is 32.2. The first-order valence-corrected chi connectivity index (χ1v) is 16.1. The van der Waals surface area contributed by atoms with E-state index in [1.165, 1.54) is 17.3 Å². The van der Waals surface area contributed by atoms with Gasteiger partial charge < -0.3 is 20.3 Å². The summed E-state index contributed by atoms with van der Waals surface area (Å²) in [4.78, 5) is 11.6. The summed E-state index contributed by atoms with van der Waals surface area (Å²) in [6.45, 7) is 14.0. The molecule has 2 aromatic carbocycles. The van der Waals surface area contributed by atoms with E-state index in [2.05, 4.69) is 65.5 Å². The van der Waals surface area contributed by atoms with Gasteiger partial charge in [-0.3, -0.25) is 0 Å². The Morgan fingerprint density at radius 1 is 1.02 bits per heavy atom. The fraction of sp³-hybridized carbons (Fsp3) is 0.484. The zero-order chi connectivity index (χ0) is 30.1. The maximum absolute atomic E-state index is 13.0. The summed E-state index contributed by atoms with van der Waals surface area (Å²) >= 11 is 6.45. The van der Waals surface area contributed by atoms with Crippen molar-refractivity contribution in [3.8, 4) is 5.75 Å². The Kier molecular flexibility index (Phi) is 9.51. The van der Waals surface area contributed by atoms with Gasteiger partial charge in [0.15, 0.2) is 15.7 Å². The van der Waals surface area contributed by atoms with E-state index in [-0.39, 0.29) is 16.0 Å². The van der Waals surface area contributed by atoms with Crippen molar-refractivity contribution in [2.24, 2.45) is 0 Å². The number of nitrogens with one attached hydrogen (secondary N) is 2. The number of aromatic nitrogens is 2. The second-order valence-electron chi connectivity index (χ2n) is 11.6. The molecule has 0 radical (unpaired) electrons. The number of likely N-dealkylation sites (tertiary alicyclic amines) is 1. The molecule has 10 heteroatoms. The van der Waals surface area contributed by atoms with Crippen molar-refractivity contribution in [3.05, 3.63) is 58.7 Å². The van der Waals surface area contributed by atoms with E-state index < -0.39 is 15.1 Å². The molecule has 1 fully saturated rings. The number of hydrogen-bond acceptors (Lipinski definition) is 8. The Balaban J connectivity index is 1.66. The molecule has 0 unspecified atom stereocenters. The third-order valence-corrected chi connectivity index (χ3v) is 10.4. The van der Waals surface area contributed by atoms with E-state index in [4.69, 9.17) is 16.3 Å². The van der Waals surface area contributed by atoms with Gasteiger partial charge in [-0.25, -0.2) is 13.4 Å². The van der Waals surface area contributed by atoms with Gasteiger partial charge in [-0.2, -0.15) is 4.98 Å². The Hall–Kier alpha value is -2.88. The monoisotopic (exact) mass is 599 g/mol. The van der Waals surface area contributed by atoms with Gasteiger partial charge in [-0.1, -0.05) is 23.7 Å². The summed E-state index contributed by atoms with van der Waals surface area (Å²) in [5.41, 5.74) is 3.64. The van der Waals surface area contributed by atoms with Crippen LogP contribution in [0.25, 0.3) is 0 Å². The predicted molar refractivity (Wildman–Crippen MR) is 168 cm³/mol. The maximum atomic E-state index is 13.0. The number of piperidine rings is 1. The van der Waals surface area contributed by atoms with Crippen LogP contribution < -0.4 is 15.4 Å². The number of para-hydroxylation sites is 1. The molecule has 1 aromatic heterocycles. The number of benzene rings is 2. The molecule has 4 rings (SSSR count). The Morgan fingerprint density at radius 2 is 1.68 bits per heavy atom. The van der Waals surface area contributed by atoms with Crippen LogP contribution in [0.1, 0.15) is 71.4 Å². The van der Waals surface area contributed by atoms with Crippen LogP contribution >= 0.6 is 11.6 Å². The van der Waals surface area contributed by atoms with Crippen LogP contribution in [-0.2, 0) is 9.84 Å². The minimum atomic E-state index is -3.53. The second-order valence-corrected chi connectivity index (χ2v) is 14.5. The number of rotatable bonds is 9. The van der Waals surface area contributed by atoms with Crippen molar-refractivity contribution in [2.45, 2.75) is 95.6 Å². The first-order chi connectivity index (χ1) is 19.3. The van der Waals surface area contributed by atoms with E-state index in [1.54, 1.807) is 38.1 Å². The van der Waals surface area contributed by atoms with Crippen molar-refractivity contribution >= 4 is 44.6 Å². The van der Waals surface area contributed by atoms with Crippen LogP contribution in [0.3, 0.4) is 0 Å². The van der Waals surface area contributed by atoms with Gasteiger partial charge in [0.1, 0.15) is 10.8 Å². The average molecular weight is 600 g/mol. The summed E-state index contributed by atoms with van der Waals surface area (Å²) in [6, 6.07) is 12.0. The summed E-state index contributed by atoms with van der Waals surface area (Å²) in [5, 5.41) is 6.12. The number of nitrogens with zero attached hydrogens (tertiary/aromatic N) is 3. The minimum Gasteiger partial charge on any atom is -0.489 e. The quantitative estimate of drug-likeness (QED) is 0.261. The highest BCUT2D eigenvalue weighted by molar-refractivity contribution is 7.92. The van der Waals surface area contributed by atoms with Crippen LogP contribution in [0.2, 0.25) is 5.02 Å². The van der Waals surface area contributed by atoms with Crippen LogP contribution in [0.5, 0.6) is 5.75 Å². The molecule has 0 aliphatic carbocycles. The first-order valence-electron chi connectivity index (χ1n) is 14.2. The molecule has 0 amide bonds. The normalized spacial score (nSPS) is 19.9. The molecule has 2 atom stereocenters. The summed E-state index contributed by atoms with van der Waals surface area (Å²) in [5.74, 6) is 1.79. The molecule has 0 saturated carbocycles. The fourth-order valence-corrected chi connectivity index (χ4v) is 6.71. The highest BCUT2D eigenvalue weighted by Gasteiger charge is 2.30. The van der Waals surface area contributed by atoms with Crippen molar-refractivity contribution in [1.29, 1.82) is 0 Å². The molecule has 2 N–H and O–H groups in total. The zero-order valence-electron chi connectivity index (χ0n) is 25.2. The van der Waals surface area contributed by atoms with E-state index in [0.717, 1.165) is 24.3 Å². The highest BCUT2D eigenvalue weighted by atomic mass is 35.5. The van der Waals surface area contributed by atoms with Gasteiger partial charge in [0, 0.05) is 12.1 Å². The third kappa shape index (κ3) is 6.96. The number of sulfone groups is 1. The molecular formula is C31H42ClN5O3S. The highest BCUT2D eigenvalue weighted by Crippen LogP contribution is 2.40. The lowest BCUT2D eigenvalue weighted by molar-refractivity contribution is 0.122. The van der Waals surface area contributed by atoms with Crippen molar-refractivity contribution in [1.82, 2.24) is 14.9 Å². The van der Waals surface area contributed by atoms with Gasteiger partial charge >= 0.3 is 0 Å². The Labute approximate surface area is 249 Å². The van der Waals surface area contributed by atoms with Crippen LogP contribution in [0.4, 0.5) is 23.1 Å². The SMILES string of the molecule is Cc1cc(Nc2ncc(Cl)c(Nc3ccccc3S(=O)(=O)C(C)C)n2)c(OC(C)C)cc1C1C[C@@H](C)N(C)[C@H](C)C1. The van der Waals surface area contributed by atoms with E-state index >= 15 is 0 Å². The van der Waals surface area contributed by atoms with Gasteiger partial charge in [-0.05, 0) is 110 Å². The largest absolute Gasteiger partial charge is 0.489 e. The van der Waals surface area contributed by atoms with Crippen molar-refractivity contribution in [3.63, 3.8) is 0 Å². The Bertz CT molecular complexity index is 1480. The molecule has 1 saturated heterocycles. The van der Waals surface area contributed by atoms with Crippen LogP contribution in [-0.4, -0.2) is 53.8 Å².